The highest BCUT2D eigenvalue weighted by Gasteiger charge is 2.23. The lowest BCUT2D eigenvalue weighted by Gasteiger charge is -2.22. The van der Waals surface area contributed by atoms with E-state index in [2.05, 4.69) is 4.99 Å². The van der Waals surface area contributed by atoms with E-state index in [9.17, 15) is 14.6 Å². The fourth-order valence-electron chi connectivity index (χ4n) is 3.23. The second-order valence-corrected chi connectivity index (χ2v) is 6.53. The summed E-state index contributed by atoms with van der Waals surface area (Å²) >= 11 is 0. The quantitative estimate of drug-likeness (QED) is 0.671. The first-order valence-electron chi connectivity index (χ1n) is 8.66. The predicted molar refractivity (Wildman–Crippen MR) is 105 cm³/mol. The van der Waals surface area contributed by atoms with E-state index in [-0.39, 0.29) is 23.4 Å². The van der Waals surface area contributed by atoms with Crippen LogP contribution >= 0.6 is 0 Å². The molecule has 0 radical (unpaired) electrons. The van der Waals surface area contributed by atoms with Crippen molar-refractivity contribution in [3.63, 3.8) is 0 Å². The Kier molecular flexibility index (Phi) is 5.52. The van der Waals surface area contributed by atoms with Crippen LogP contribution < -0.4 is 0 Å². The molecule has 2 atom stereocenters. The Labute approximate surface area is 152 Å². The highest BCUT2D eigenvalue weighted by atomic mass is 19.1. The van der Waals surface area contributed by atoms with Gasteiger partial charge in [0.1, 0.15) is 5.76 Å². The largest absolute Gasteiger partial charge is 0.512 e. The van der Waals surface area contributed by atoms with Gasteiger partial charge in [-0.1, -0.05) is 48.1 Å². The Bertz CT molecular complexity index is 859. The molecular weight excluding hydrogens is 329 g/mol. The number of hydrogen-bond donors (Lipinski definition) is 2. The van der Waals surface area contributed by atoms with Crippen LogP contribution in [0, 0.1) is 18.8 Å². The third kappa shape index (κ3) is 3.85. The molecule has 2 aliphatic rings. The fraction of sp³-hybridized carbons (Fsp3) is 0.227. The Balaban J connectivity index is 1.89. The summed E-state index contributed by atoms with van der Waals surface area (Å²) in [7, 11) is 0. The second-order valence-electron chi connectivity index (χ2n) is 6.53. The molecule has 0 amide bonds. The summed E-state index contributed by atoms with van der Waals surface area (Å²) in [6.07, 6.45) is 13.8. The summed E-state index contributed by atoms with van der Waals surface area (Å²) < 4.78 is 12.4. The van der Waals surface area contributed by atoms with Crippen LogP contribution in [-0.2, 0) is 0 Å². The molecule has 2 N–H and O–H groups in total. The van der Waals surface area contributed by atoms with E-state index in [0.717, 1.165) is 16.7 Å². The maximum absolute atomic E-state index is 12.4. The van der Waals surface area contributed by atoms with Gasteiger partial charge in [-0.3, -0.25) is 4.99 Å². The normalized spacial score (nSPS) is 22.8. The number of fused-ring (bicyclic) bond motifs is 1. The zero-order chi connectivity index (χ0) is 18.5. The summed E-state index contributed by atoms with van der Waals surface area (Å²) in [6, 6.07) is 5.94. The first-order valence-corrected chi connectivity index (χ1v) is 8.66. The van der Waals surface area contributed by atoms with Gasteiger partial charge in [-0.2, -0.15) is 0 Å². The third-order valence-electron chi connectivity index (χ3n) is 4.67. The number of benzene rings is 1. The monoisotopic (exact) mass is 351 g/mol. The van der Waals surface area contributed by atoms with Crippen LogP contribution in [0.4, 0.5) is 4.39 Å². The topological polar surface area (TPSA) is 52.8 Å². The fourth-order valence-corrected chi connectivity index (χ4v) is 3.23. The summed E-state index contributed by atoms with van der Waals surface area (Å²) in [6.45, 7) is 1.98. The van der Waals surface area contributed by atoms with Crippen molar-refractivity contribution in [2.45, 2.75) is 19.8 Å². The molecule has 0 spiro atoms. The predicted octanol–water partition coefficient (Wildman–Crippen LogP) is 5.83. The Morgan fingerprint density at radius 1 is 1.31 bits per heavy atom. The van der Waals surface area contributed by atoms with Crippen LogP contribution in [0.1, 0.15) is 29.5 Å². The summed E-state index contributed by atoms with van der Waals surface area (Å²) in [4.78, 5) is 4.52. The SMILES string of the molecule is Cc1ccc2c(c1)C(O)=C(N=CC1C=CC=C(O)C1C/C=C\F)CC=C2. The molecule has 2 unspecified atom stereocenters. The first-order chi connectivity index (χ1) is 12.6. The van der Waals surface area contributed by atoms with Crippen molar-refractivity contribution in [3.05, 3.63) is 83.1 Å². The molecule has 3 nitrogen and oxygen atoms in total. The lowest BCUT2D eigenvalue weighted by Crippen LogP contribution is -2.18. The van der Waals surface area contributed by atoms with Crippen LogP contribution in [0.2, 0.25) is 0 Å². The van der Waals surface area contributed by atoms with Crippen LogP contribution in [0.3, 0.4) is 0 Å². The van der Waals surface area contributed by atoms with Crippen LogP contribution in [0.15, 0.2) is 71.4 Å². The number of aliphatic imine (C=N–C) groups is 1. The van der Waals surface area contributed by atoms with Gasteiger partial charge in [0.05, 0.1) is 17.8 Å². The molecular formula is C22H22FNO2. The Hall–Kier alpha value is -2.88. The molecule has 134 valence electrons. The molecule has 4 heteroatoms. The van der Waals surface area contributed by atoms with Gasteiger partial charge in [0.2, 0.25) is 0 Å². The molecule has 26 heavy (non-hydrogen) atoms. The molecule has 0 aliphatic heterocycles. The van der Waals surface area contributed by atoms with Crippen molar-refractivity contribution in [2.24, 2.45) is 16.8 Å². The summed E-state index contributed by atoms with van der Waals surface area (Å²) in [5.74, 6) is -0.0400. The minimum Gasteiger partial charge on any atom is -0.512 e. The summed E-state index contributed by atoms with van der Waals surface area (Å²) in [5, 5.41) is 20.8. The number of hydrogen-bond acceptors (Lipinski definition) is 3. The molecule has 0 saturated carbocycles. The number of nitrogens with zero attached hydrogens (tertiary/aromatic N) is 1. The smallest absolute Gasteiger partial charge is 0.145 e. The number of aliphatic hydroxyl groups excluding tert-OH is 2. The van der Waals surface area contributed by atoms with Crippen molar-refractivity contribution in [2.75, 3.05) is 0 Å². The zero-order valence-corrected chi connectivity index (χ0v) is 14.6. The average molecular weight is 351 g/mol. The molecule has 0 heterocycles. The molecule has 2 aliphatic carbocycles. The summed E-state index contributed by atoms with van der Waals surface area (Å²) in [5.41, 5.74) is 3.37. The van der Waals surface area contributed by atoms with E-state index >= 15 is 0 Å². The van der Waals surface area contributed by atoms with E-state index in [1.54, 1.807) is 18.4 Å². The van der Waals surface area contributed by atoms with Gasteiger partial charge in [-0.05, 0) is 31.1 Å². The van der Waals surface area contributed by atoms with Gasteiger partial charge in [0.15, 0.2) is 0 Å². The van der Waals surface area contributed by atoms with Crippen molar-refractivity contribution in [1.82, 2.24) is 0 Å². The third-order valence-corrected chi connectivity index (χ3v) is 4.67. The standard InChI is InChI=1S/C22H22FNO2/c1-15-10-11-16-5-2-8-20(22(26)19(16)13-15)24-14-17-6-3-9-21(25)18(17)7-4-12-23/h2-6,9-14,17-18,25-26H,7-8H2,1H3/b12-4-,24-14?. The van der Waals surface area contributed by atoms with E-state index in [4.69, 9.17) is 0 Å². The minimum absolute atomic E-state index is 0.166. The van der Waals surface area contributed by atoms with E-state index < -0.39 is 0 Å². The van der Waals surface area contributed by atoms with Crippen molar-refractivity contribution >= 4 is 18.0 Å². The number of allylic oxidation sites excluding steroid dienone is 6. The molecule has 1 aromatic carbocycles. The van der Waals surface area contributed by atoms with E-state index in [1.165, 1.54) is 6.08 Å². The van der Waals surface area contributed by atoms with Crippen LogP contribution in [0.5, 0.6) is 0 Å². The average Bonchev–Trinajstić information content (AvgIpc) is 2.78. The molecule has 3 rings (SSSR count). The lowest BCUT2D eigenvalue weighted by atomic mass is 9.85. The molecule has 0 aromatic heterocycles. The highest BCUT2D eigenvalue weighted by molar-refractivity contribution is 5.76. The Morgan fingerprint density at radius 3 is 2.96 bits per heavy atom. The van der Waals surface area contributed by atoms with Gasteiger partial charge in [0.25, 0.3) is 0 Å². The number of aliphatic hydroxyl groups is 2. The van der Waals surface area contributed by atoms with Gasteiger partial charge in [0, 0.05) is 30.0 Å². The van der Waals surface area contributed by atoms with E-state index in [0.29, 0.717) is 24.9 Å². The van der Waals surface area contributed by atoms with Gasteiger partial charge >= 0.3 is 0 Å². The van der Waals surface area contributed by atoms with Crippen molar-refractivity contribution in [3.8, 4) is 0 Å². The minimum atomic E-state index is -0.255. The number of aryl methyl sites for hydroxylation is 1. The van der Waals surface area contributed by atoms with Crippen molar-refractivity contribution < 1.29 is 14.6 Å². The first kappa shape index (κ1) is 17.9. The molecule has 0 saturated heterocycles. The van der Waals surface area contributed by atoms with Crippen LogP contribution in [-0.4, -0.2) is 16.4 Å². The number of rotatable bonds is 4. The lowest BCUT2D eigenvalue weighted by molar-refractivity contribution is 0.311. The van der Waals surface area contributed by atoms with Crippen molar-refractivity contribution in [1.29, 1.82) is 0 Å². The molecule has 0 fully saturated rings. The molecule has 0 bridgehead atoms. The zero-order valence-electron chi connectivity index (χ0n) is 14.6. The van der Waals surface area contributed by atoms with Gasteiger partial charge < -0.3 is 10.2 Å². The molecule has 1 aromatic rings. The highest BCUT2D eigenvalue weighted by Crippen LogP contribution is 2.30. The van der Waals surface area contributed by atoms with E-state index in [1.807, 2.05) is 43.4 Å². The number of halogens is 1. The maximum Gasteiger partial charge on any atom is 0.145 e. The Morgan fingerprint density at radius 2 is 2.15 bits per heavy atom. The maximum atomic E-state index is 12.4. The van der Waals surface area contributed by atoms with Gasteiger partial charge in [-0.25, -0.2) is 4.39 Å². The second kappa shape index (κ2) is 8.00. The van der Waals surface area contributed by atoms with Crippen LogP contribution in [0.25, 0.3) is 11.8 Å². The van der Waals surface area contributed by atoms with Gasteiger partial charge in [-0.15, -0.1) is 0 Å².